The summed E-state index contributed by atoms with van der Waals surface area (Å²) < 4.78 is 10.7. The maximum Gasteiger partial charge on any atom is 0.174 e. The molecule has 0 aliphatic carbocycles. The van der Waals surface area contributed by atoms with E-state index in [4.69, 9.17) is 20.0 Å². The summed E-state index contributed by atoms with van der Waals surface area (Å²) in [6, 6.07) is 29.9. The Hall–Kier alpha value is -3.41. The predicted octanol–water partition coefficient (Wildman–Crippen LogP) is 4.59. The molecule has 0 N–H and O–H groups in total. The van der Waals surface area contributed by atoms with Gasteiger partial charge in [-0.05, 0) is 60.7 Å². The van der Waals surface area contributed by atoms with Crippen molar-refractivity contribution < 1.29 is 9.47 Å². The number of hydrogen-bond donors (Lipinski definition) is 0. The quantitative estimate of drug-likeness (QED) is 0.568. The molecule has 0 saturated carbocycles. The SMILES string of the molecule is N#CCOc1ccc([S+](c2ccccc2)c2ccc(OCC#N)cc2)cc1. The van der Waals surface area contributed by atoms with Crippen LogP contribution in [0.3, 0.4) is 0 Å². The minimum Gasteiger partial charge on any atom is -0.479 e. The Morgan fingerprint density at radius 3 is 1.41 bits per heavy atom. The number of hydrogen-bond acceptors (Lipinski definition) is 4. The third kappa shape index (κ3) is 4.82. The summed E-state index contributed by atoms with van der Waals surface area (Å²) in [5.74, 6) is 1.36. The largest absolute Gasteiger partial charge is 0.479 e. The smallest absolute Gasteiger partial charge is 0.174 e. The topological polar surface area (TPSA) is 66.0 Å². The minimum atomic E-state index is -0.284. The Bertz CT molecular complexity index is 881. The van der Waals surface area contributed by atoms with Gasteiger partial charge in [-0.25, -0.2) is 0 Å². The van der Waals surface area contributed by atoms with Gasteiger partial charge in [-0.15, -0.1) is 0 Å². The van der Waals surface area contributed by atoms with Gasteiger partial charge < -0.3 is 9.47 Å². The molecular formula is C22H17N2O2S+. The lowest BCUT2D eigenvalue weighted by molar-refractivity contribution is 0.368. The summed E-state index contributed by atoms with van der Waals surface area (Å²) in [5.41, 5.74) is 0. The lowest BCUT2D eigenvalue weighted by atomic mass is 10.3. The van der Waals surface area contributed by atoms with Crippen molar-refractivity contribution >= 4 is 10.9 Å². The van der Waals surface area contributed by atoms with Crippen molar-refractivity contribution in [1.29, 1.82) is 10.5 Å². The average molecular weight is 373 g/mol. The maximum absolute atomic E-state index is 8.64. The van der Waals surface area contributed by atoms with Crippen molar-refractivity contribution in [2.45, 2.75) is 14.7 Å². The molecule has 0 atom stereocenters. The van der Waals surface area contributed by atoms with Crippen molar-refractivity contribution in [1.82, 2.24) is 0 Å². The number of rotatable bonds is 7. The van der Waals surface area contributed by atoms with Crippen LogP contribution in [0.1, 0.15) is 0 Å². The molecule has 132 valence electrons. The molecule has 0 fully saturated rings. The first-order chi connectivity index (χ1) is 13.3. The summed E-state index contributed by atoms with van der Waals surface area (Å²) in [7, 11) is -0.284. The average Bonchev–Trinajstić information content (AvgIpc) is 2.73. The highest BCUT2D eigenvalue weighted by Gasteiger charge is 2.28. The van der Waals surface area contributed by atoms with Crippen LogP contribution in [0.2, 0.25) is 0 Å². The van der Waals surface area contributed by atoms with Gasteiger partial charge in [0, 0.05) is 0 Å². The fraction of sp³-hybridized carbons (Fsp3) is 0.0909. The monoisotopic (exact) mass is 373 g/mol. The van der Waals surface area contributed by atoms with Crippen LogP contribution in [0.5, 0.6) is 11.5 Å². The molecule has 0 aliphatic rings. The van der Waals surface area contributed by atoms with E-state index in [-0.39, 0.29) is 24.1 Å². The third-order valence-corrected chi connectivity index (χ3v) is 5.94. The Morgan fingerprint density at radius 2 is 1.00 bits per heavy atom. The molecule has 0 heterocycles. The molecule has 3 rings (SSSR count). The summed E-state index contributed by atoms with van der Waals surface area (Å²) >= 11 is 0. The van der Waals surface area contributed by atoms with Crippen LogP contribution in [0.4, 0.5) is 0 Å². The number of benzene rings is 3. The van der Waals surface area contributed by atoms with E-state index in [0.717, 1.165) is 9.79 Å². The second kappa shape index (κ2) is 9.33. The zero-order chi connectivity index (χ0) is 18.9. The minimum absolute atomic E-state index is 0.0356. The number of nitriles is 2. The number of ether oxygens (including phenoxy) is 2. The third-order valence-electron chi connectivity index (χ3n) is 3.70. The summed E-state index contributed by atoms with van der Waals surface area (Å²) in [6.07, 6.45) is 0. The van der Waals surface area contributed by atoms with Gasteiger partial charge in [0.2, 0.25) is 0 Å². The Morgan fingerprint density at radius 1 is 0.593 bits per heavy atom. The zero-order valence-electron chi connectivity index (χ0n) is 14.5. The standard InChI is InChI=1S/C22H17N2O2S/c23-14-16-25-18-6-10-21(11-7-18)27(20-4-2-1-3-5-20)22-12-8-19(9-13-22)26-17-15-24/h1-13H,16-17H2/q+1. The molecule has 0 bridgehead atoms. The molecule has 5 heteroatoms. The first-order valence-electron chi connectivity index (χ1n) is 8.31. The van der Waals surface area contributed by atoms with Crippen molar-refractivity contribution in [3.05, 3.63) is 78.9 Å². The molecule has 3 aromatic rings. The van der Waals surface area contributed by atoms with Crippen LogP contribution >= 0.6 is 0 Å². The maximum atomic E-state index is 8.64. The van der Waals surface area contributed by atoms with Crippen LogP contribution in [-0.2, 0) is 10.9 Å². The van der Waals surface area contributed by atoms with Gasteiger partial charge in [-0.1, -0.05) is 18.2 Å². The van der Waals surface area contributed by atoms with E-state index in [2.05, 4.69) is 12.1 Å². The highest BCUT2D eigenvalue weighted by Crippen LogP contribution is 2.32. The van der Waals surface area contributed by atoms with Gasteiger partial charge >= 0.3 is 0 Å². The first-order valence-corrected chi connectivity index (χ1v) is 9.53. The molecule has 0 aromatic heterocycles. The van der Waals surface area contributed by atoms with E-state index < -0.39 is 0 Å². The first kappa shape index (κ1) is 18.4. The fourth-order valence-corrected chi connectivity index (χ4v) is 4.60. The van der Waals surface area contributed by atoms with Crippen LogP contribution in [-0.4, -0.2) is 13.2 Å². The fourth-order valence-electron chi connectivity index (χ4n) is 2.54. The lowest BCUT2D eigenvalue weighted by Gasteiger charge is -2.09. The van der Waals surface area contributed by atoms with Gasteiger partial charge in [0.25, 0.3) is 0 Å². The molecule has 0 amide bonds. The molecule has 0 unspecified atom stereocenters. The van der Waals surface area contributed by atoms with Crippen molar-refractivity contribution in [2.75, 3.05) is 13.2 Å². The molecule has 0 saturated heterocycles. The van der Waals surface area contributed by atoms with Gasteiger partial charge in [0.1, 0.15) is 23.6 Å². The van der Waals surface area contributed by atoms with Crippen LogP contribution in [0.25, 0.3) is 0 Å². The molecular weight excluding hydrogens is 356 g/mol. The zero-order valence-corrected chi connectivity index (χ0v) is 15.4. The number of nitrogens with zero attached hydrogens (tertiary/aromatic N) is 2. The lowest BCUT2D eigenvalue weighted by Crippen LogP contribution is -2.05. The second-order valence-corrected chi connectivity index (χ2v) is 7.48. The highest BCUT2D eigenvalue weighted by molar-refractivity contribution is 7.97. The van der Waals surface area contributed by atoms with Gasteiger partial charge in [0.15, 0.2) is 27.9 Å². The summed E-state index contributed by atoms with van der Waals surface area (Å²) in [4.78, 5) is 3.50. The van der Waals surface area contributed by atoms with E-state index >= 15 is 0 Å². The molecule has 27 heavy (non-hydrogen) atoms. The molecule has 4 nitrogen and oxygen atoms in total. The Balaban J connectivity index is 1.93. The Labute approximate surface area is 161 Å². The van der Waals surface area contributed by atoms with Crippen LogP contribution in [0.15, 0.2) is 93.5 Å². The van der Waals surface area contributed by atoms with E-state index in [0.29, 0.717) is 11.5 Å². The van der Waals surface area contributed by atoms with Crippen LogP contribution in [0, 0.1) is 22.7 Å². The van der Waals surface area contributed by atoms with E-state index in [1.54, 1.807) is 0 Å². The second-order valence-electron chi connectivity index (χ2n) is 5.46. The van der Waals surface area contributed by atoms with Crippen molar-refractivity contribution in [3.8, 4) is 23.6 Å². The molecule has 0 spiro atoms. The van der Waals surface area contributed by atoms with E-state index in [1.165, 1.54) is 4.90 Å². The Kier molecular flexibility index (Phi) is 6.35. The molecule has 3 aromatic carbocycles. The molecule has 0 radical (unpaired) electrons. The highest BCUT2D eigenvalue weighted by atomic mass is 32.2. The summed E-state index contributed by atoms with van der Waals surface area (Å²) in [6.45, 7) is 0.0712. The van der Waals surface area contributed by atoms with Crippen molar-refractivity contribution in [3.63, 3.8) is 0 Å². The van der Waals surface area contributed by atoms with Crippen LogP contribution < -0.4 is 9.47 Å². The van der Waals surface area contributed by atoms with E-state index in [9.17, 15) is 0 Å². The molecule has 0 aliphatic heterocycles. The van der Waals surface area contributed by atoms with Gasteiger partial charge in [-0.2, -0.15) is 10.5 Å². The predicted molar refractivity (Wildman–Crippen MR) is 104 cm³/mol. The van der Waals surface area contributed by atoms with Gasteiger partial charge in [0.05, 0.1) is 10.9 Å². The van der Waals surface area contributed by atoms with Crippen molar-refractivity contribution in [2.24, 2.45) is 0 Å². The normalized spacial score (nSPS) is 10.0. The van der Waals surface area contributed by atoms with E-state index in [1.807, 2.05) is 78.9 Å². The van der Waals surface area contributed by atoms with Gasteiger partial charge in [-0.3, -0.25) is 0 Å². The summed E-state index contributed by atoms with van der Waals surface area (Å²) in [5, 5.41) is 17.3.